The zero-order valence-corrected chi connectivity index (χ0v) is 17.3. The summed E-state index contributed by atoms with van der Waals surface area (Å²) in [6.45, 7) is 1.73. The van der Waals surface area contributed by atoms with Gasteiger partial charge in [-0.05, 0) is 48.0 Å². The summed E-state index contributed by atoms with van der Waals surface area (Å²) < 4.78 is 5.82. The van der Waals surface area contributed by atoms with Gasteiger partial charge in [-0.15, -0.1) is 0 Å². The number of phenolic OH excluding ortho intramolecular Hbond substituents is 1. The van der Waals surface area contributed by atoms with Crippen molar-refractivity contribution in [3.05, 3.63) is 70.2 Å². The molecule has 0 saturated heterocycles. The molecule has 3 rings (SSSR count). The van der Waals surface area contributed by atoms with E-state index in [0.717, 1.165) is 0 Å². The van der Waals surface area contributed by atoms with Crippen molar-refractivity contribution in [2.45, 2.75) is 13.3 Å². The van der Waals surface area contributed by atoms with Crippen LogP contribution in [0, 0.1) is 0 Å². The second-order valence-electron chi connectivity index (χ2n) is 6.33. The Kier molecular flexibility index (Phi) is 6.50. The highest BCUT2D eigenvalue weighted by molar-refractivity contribution is 6.37. The second-order valence-corrected chi connectivity index (χ2v) is 7.15. The third kappa shape index (κ3) is 4.84. The number of carboxylic acids is 1. The number of aromatic hydroxyl groups is 1. The van der Waals surface area contributed by atoms with Crippen LogP contribution in [0.4, 0.5) is 5.69 Å². The number of phenols is 1. The fourth-order valence-corrected chi connectivity index (χ4v) is 3.26. The molecule has 0 atom stereocenters. The van der Waals surface area contributed by atoms with Gasteiger partial charge in [0.25, 0.3) is 0 Å². The van der Waals surface area contributed by atoms with Crippen LogP contribution >= 0.6 is 23.2 Å². The third-order valence-electron chi connectivity index (χ3n) is 4.23. The largest absolute Gasteiger partial charge is 0.507 e. The van der Waals surface area contributed by atoms with Crippen LogP contribution in [0.1, 0.15) is 23.7 Å². The molecule has 154 valence electrons. The van der Waals surface area contributed by atoms with Crippen LogP contribution in [0.15, 0.2) is 54.6 Å². The van der Waals surface area contributed by atoms with E-state index in [1.807, 2.05) is 0 Å². The predicted molar refractivity (Wildman–Crippen MR) is 116 cm³/mol. The molecule has 0 fully saturated rings. The molecule has 8 heteroatoms. The Hall–Kier alpha value is -3.22. The number of rotatable bonds is 6. The molecule has 0 aliphatic rings. The summed E-state index contributed by atoms with van der Waals surface area (Å²) in [7, 11) is 0. The Bertz CT molecular complexity index is 1090. The minimum Gasteiger partial charge on any atom is -0.507 e. The molecular weight excluding hydrogens is 429 g/mol. The van der Waals surface area contributed by atoms with Gasteiger partial charge >= 0.3 is 5.97 Å². The Labute approximate surface area is 182 Å². The molecule has 0 aliphatic carbocycles. The van der Waals surface area contributed by atoms with E-state index in [9.17, 15) is 14.7 Å². The first-order chi connectivity index (χ1) is 14.3. The number of aromatic carboxylic acids is 1. The van der Waals surface area contributed by atoms with Crippen molar-refractivity contribution < 1.29 is 24.5 Å². The summed E-state index contributed by atoms with van der Waals surface area (Å²) >= 11 is 12.6. The summed E-state index contributed by atoms with van der Waals surface area (Å²) in [6, 6.07) is 13.7. The van der Waals surface area contributed by atoms with E-state index < -0.39 is 5.97 Å². The predicted octanol–water partition coefficient (Wildman–Crippen LogP) is 6.21. The molecule has 1 amide bonds. The number of ether oxygens (including phenoxy) is 1. The van der Waals surface area contributed by atoms with Gasteiger partial charge in [0.1, 0.15) is 11.5 Å². The van der Waals surface area contributed by atoms with Crippen LogP contribution in [0.3, 0.4) is 0 Å². The van der Waals surface area contributed by atoms with E-state index in [1.54, 1.807) is 31.2 Å². The van der Waals surface area contributed by atoms with Gasteiger partial charge < -0.3 is 20.3 Å². The van der Waals surface area contributed by atoms with Gasteiger partial charge in [0, 0.05) is 17.7 Å². The quantitative estimate of drug-likeness (QED) is 0.419. The highest BCUT2D eigenvalue weighted by atomic mass is 35.5. The van der Waals surface area contributed by atoms with E-state index >= 15 is 0 Å². The Morgan fingerprint density at radius 2 is 1.63 bits per heavy atom. The van der Waals surface area contributed by atoms with Gasteiger partial charge in [0.05, 0.1) is 15.6 Å². The van der Waals surface area contributed by atoms with E-state index in [0.29, 0.717) is 29.0 Å². The number of hydrogen-bond donors (Lipinski definition) is 3. The van der Waals surface area contributed by atoms with Crippen molar-refractivity contribution in [3.8, 4) is 28.4 Å². The van der Waals surface area contributed by atoms with E-state index in [4.69, 9.17) is 33.0 Å². The molecule has 3 N–H and O–H groups in total. The zero-order chi connectivity index (χ0) is 21.8. The summed E-state index contributed by atoms with van der Waals surface area (Å²) in [5.74, 6) is -0.649. The molecular formula is C22H17Cl2NO5. The Morgan fingerprint density at radius 1 is 1.00 bits per heavy atom. The van der Waals surface area contributed by atoms with E-state index in [2.05, 4.69) is 5.32 Å². The molecule has 0 heterocycles. The molecule has 6 nitrogen and oxygen atoms in total. The maximum Gasteiger partial charge on any atom is 0.335 e. The molecule has 3 aromatic carbocycles. The number of carboxylic acid groups (broad SMARTS) is 1. The fraction of sp³-hybridized carbons (Fsp3) is 0.0909. The molecule has 0 aliphatic heterocycles. The molecule has 0 radical (unpaired) electrons. The first-order valence-corrected chi connectivity index (χ1v) is 9.67. The van der Waals surface area contributed by atoms with Crippen LogP contribution in [0.5, 0.6) is 17.2 Å². The van der Waals surface area contributed by atoms with Crippen molar-refractivity contribution >= 4 is 40.8 Å². The lowest BCUT2D eigenvalue weighted by molar-refractivity contribution is -0.115. The molecule has 30 heavy (non-hydrogen) atoms. The minimum absolute atomic E-state index is 0.000227. The van der Waals surface area contributed by atoms with Gasteiger partial charge in [-0.2, -0.15) is 0 Å². The summed E-state index contributed by atoms with van der Waals surface area (Å²) in [6.07, 6.45) is 0.317. The zero-order valence-electron chi connectivity index (χ0n) is 15.8. The lowest BCUT2D eigenvalue weighted by atomic mass is 10.0. The van der Waals surface area contributed by atoms with Gasteiger partial charge in [0.2, 0.25) is 5.91 Å². The number of amides is 1. The normalized spacial score (nSPS) is 10.5. The Morgan fingerprint density at radius 3 is 2.20 bits per heavy atom. The monoisotopic (exact) mass is 445 g/mol. The van der Waals surface area contributed by atoms with Crippen LogP contribution in [-0.2, 0) is 4.79 Å². The van der Waals surface area contributed by atoms with Crippen molar-refractivity contribution in [2.75, 3.05) is 5.32 Å². The lowest BCUT2D eigenvalue weighted by Gasteiger charge is -2.14. The first-order valence-electron chi connectivity index (χ1n) is 8.92. The highest BCUT2D eigenvalue weighted by Crippen LogP contribution is 2.41. The fourth-order valence-electron chi connectivity index (χ4n) is 2.70. The van der Waals surface area contributed by atoms with Crippen LogP contribution in [-0.4, -0.2) is 22.1 Å². The molecule has 0 spiro atoms. The van der Waals surface area contributed by atoms with Gasteiger partial charge in [-0.1, -0.05) is 42.3 Å². The molecule has 0 aromatic heterocycles. The van der Waals surface area contributed by atoms with Gasteiger partial charge in [0.15, 0.2) is 5.75 Å². The van der Waals surface area contributed by atoms with Crippen molar-refractivity contribution in [2.24, 2.45) is 0 Å². The number of carbonyl (C=O) groups excluding carboxylic acids is 1. The van der Waals surface area contributed by atoms with Gasteiger partial charge in [-0.3, -0.25) is 4.79 Å². The summed E-state index contributed by atoms with van der Waals surface area (Å²) in [5.41, 5.74) is 1.65. The summed E-state index contributed by atoms with van der Waals surface area (Å²) in [4.78, 5) is 22.6. The van der Waals surface area contributed by atoms with E-state index in [-0.39, 0.29) is 33.0 Å². The lowest BCUT2D eigenvalue weighted by Crippen LogP contribution is -2.09. The van der Waals surface area contributed by atoms with Crippen LogP contribution in [0.2, 0.25) is 10.0 Å². The molecule has 0 bridgehead atoms. The van der Waals surface area contributed by atoms with Crippen molar-refractivity contribution in [1.82, 2.24) is 0 Å². The van der Waals surface area contributed by atoms with Crippen molar-refractivity contribution in [3.63, 3.8) is 0 Å². The summed E-state index contributed by atoms with van der Waals surface area (Å²) in [5, 5.41) is 22.3. The third-order valence-corrected chi connectivity index (χ3v) is 4.80. The maximum absolute atomic E-state index is 11.6. The second kappa shape index (κ2) is 9.07. The first kappa shape index (κ1) is 21.5. The minimum atomic E-state index is -1.04. The number of halogens is 2. The number of carbonyl (C=O) groups is 2. The number of benzene rings is 3. The number of nitrogens with one attached hydrogen (secondary N) is 1. The number of hydrogen-bond acceptors (Lipinski definition) is 4. The average molecular weight is 446 g/mol. The number of anilines is 1. The van der Waals surface area contributed by atoms with Gasteiger partial charge in [-0.25, -0.2) is 4.79 Å². The highest BCUT2D eigenvalue weighted by Gasteiger charge is 2.14. The maximum atomic E-state index is 11.6. The molecule has 0 saturated carbocycles. The SMILES string of the molecule is CCC(=O)Nc1cc(Cl)c(Oc2ccc(O)c(-c3ccc(C(=O)O)cc3)c2)c(Cl)c1. The van der Waals surface area contributed by atoms with E-state index in [1.165, 1.54) is 30.3 Å². The Balaban J connectivity index is 1.90. The average Bonchev–Trinajstić information content (AvgIpc) is 2.72. The standard InChI is InChI=1S/C22H17Cl2NO5/c1-2-20(27)25-14-9-17(23)21(18(24)10-14)30-15-7-8-19(26)16(11-15)12-3-5-13(6-4-12)22(28)29/h3-11,26H,2H2,1H3,(H,25,27)(H,28,29). The van der Waals surface area contributed by atoms with Crippen LogP contribution in [0.25, 0.3) is 11.1 Å². The topological polar surface area (TPSA) is 95.9 Å². The molecule has 3 aromatic rings. The molecule has 0 unspecified atom stereocenters. The van der Waals surface area contributed by atoms with Crippen molar-refractivity contribution in [1.29, 1.82) is 0 Å². The van der Waals surface area contributed by atoms with Crippen LogP contribution < -0.4 is 10.1 Å². The smallest absolute Gasteiger partial charge is 0.335 e.